The molecule has 2 amide bonds. The number of amides is 2. The summed E-state index contributed by atoms with van der Waals surface area (Å²) in [6, 6.07) is 18.5. The van der Waals surface area contributed by atoms with Gasteiger partial charge in [-0.05, 0) is 30.3 Å². The largest absolute Gasteiger partial charge is 0.489 e. The summed E-state index contributed by atoms with van der Waals surface area (Å²) in [5.41, 5.74) is 0.654. The van der Waals surface area contributed by atoms with Gasteiger partial charge >= 0.3 is 0 Å². The van der Waals surface area contributed by atoms with E-state index < -0.39 is 11.9 Å². The predicted molar refractivity (Wildman–Crippen MR) is 102 cm³/mol. The number of furan rings is 1. The monoisotopic (exact) mass is 378 g/mol. The number of hydrogen-bond donors (Lipinski definition) is 1. The summed E-state index contributed by atoms with van der Waals surface area (Å²) in [5, 5.41) is 2.66. The van der Waals surface area contributed by atoms with Crippen molar-refractivity contribution in [1.29, 1.82) is 0 Å². The second-order valence-corrected chi connectivity index (χ2v) is 6.24. The number of carbonyl (C=O) groups is 2. The summed E-state index contributed by atoms with van der Waals surface area (Å²) in [7, 11) is 1.65. The van der Waals surface area contributed by atoms with Gasteiger partial charge in [0, 0.05) is 13.1 Å². The summed E-state index contributed by atoms with van der Waals surface area (Å²) >= 11 is 0. The maximum Gasteiger partial charge on any atom is 0.290 e. The number of fused-ring (bicyclic) bond motifs is 1. The van der Waals surface area contributed by atoms with Crippen molar-refractivity contribution in [3.63, 3.8) is 0 Å². The van der Waals surface area contributed by atoms with E-state index in [-0.39, 0.29) is 24.2 Å². The van der Waals surface area contributed by atoms with Gasteiger partial charge in [-0.15, -0.1) is 0 Å². The highest BCUT2D eigenvalue weighted by molar-refractivity contribution is 6.02. The lowest BCUT2D eigenvalue weighted by Crippen LogP contribution is -2.49. The Hall–Kier alpha value is -3.74. The van der Waals surface area contributed by atoms with Gasteiger partial charge in [-0.1, -0.05) is 30.3 Å². The molecule has 28 heavy (non-hydrogen) atoms. The van der Waals surface area contributed by atoms with Crippen LogP contribution in [0.4, 0.5) is 5.69 Å². The predicted octanol–water partition coefficient (Wildman–Crippen LogP) is 3.23. The van der Waals surface area contributed by atoms with Crippen LogP contribution in [0.5, 0.6) is 17.4 Å². The molecular weight excluding hydrogens is 360 g/mol. The summed E-state index contributed by atoms with van der Waals surface area (Å²) < 4.78 is 16.7. The van der Waals surface area contributed by atoms with Crippen LogP contribution in [0.25, 0.3) is 0 Å². The van der Waals surface area contributed by atoms with Crippen LogP contribution in [0.15, 0.2) is 71.1 Å². The molecule has 0 fully saturated rings. The Morgan fingerprint density at radius 2 is 1.82 bits per heavy atom. The van der Waals surface area contributed by atoms with Crippen molar-refractivity contribution in [2.24, 2.45) is 0 Å². The van der Waals surface area contributed by atoms with Gasteiger partial charge in [-0.3, -0.25) is 9.59 Å². The molecule has 0 radical (unpaired) electrons. The average Bonchev–Trinajstić information content (AvgIpc) is 3.15. The molecule has 0 spiro atoms. The molecule has 2 heterocycles. The van der Waals surface area contributed by atoms with E-state index in [0.717, 1.165) is 0 Å². The van der Waals surface area contributed by atoms with Gasteiger partial charge in [0.15, 0.2) is 5.76 Å². The molecular formula is C21H18N2O5. The molecule has 4 rings (SSSR count). The van der Waals surface area contributed by atoms with Gasteiger partial charge in [-0.2, -0.15) is 0 Å². The fourth-order valence-electron chi connectivity index (χ4n) is 2.89. The van der Waals surface area contributed by atoms with Gasteiger partial charge in [-0.25, -0.2) is 0 Å². The maximum absolute atomic E-state index is 12.7. The third-order valence-electron chi connectivity index (χ3n) is 4.33. The van der Waals surface area contributed by atoms with Crippen LogP contribution >= 0.6 is 0 Å². The number of benzene rings is 2. The van der Waals surface area contributed by atoms with E-state index in [4.69, 9.17) is 13.9 Å². The molecule has 0 unspecified atom stereocenters. The van der Waals surface area contributed by atoms with Gasteiger partial charge < -0.3 is 24.1 Å². The molecule has 1 N–H and O–H groups in total. The lowest BCUT2D eigenvalue weighted by molar-refractivity contribution is -0.120. The number of anilines is 1. The lowest BCUT2D eigenvalue weighted by Gasteiger charge is -2.19. The number of para-hydroxylation sites is 3. The van der Waals surface area contributed by atoms with Crippen molar-refractivity contribution >= 4 is 17.5 Å². The number of ether oxygens (including phenoxy) is 2. The summed E-state index contributed by atoms with van der Waals surface area (Å²) in [5.74, 6) is 0.615. The van der Waals surface area contributed by atoms with E-state index in [1.807, 2.05) is 30.3 Å². The van der Waals surface area contributed by atoms with E-state index in [1.165, 1.54) is 11.0 Å². The molecule has 2 aromatic carbocycles. The third-order valence-corrected chi connectivity index (χ3v) is 4.33. The standard InChI is InChI=1S/C21H18N2O5/c1-23-16-9-5-6-10-17(16)26-13-15(21(23)25)22-20(24)18-11-12-19(28-18)27-14-7-3-2-4-8-14/h2-12,15H,13H2,1H3,(H,22,24)/t15-/m0/s1. The third kappa shape index (κ3) is 3.55. The van der Waals surface area contributed by atoms with E-state index in [2.05, 4.69) is 5.32 Å². The zero-order valence-electron chi connectivity index (χ0n) is 15.1. The van der Waals surface area contributed by atoms with Gasteiger partial charge in [0.2, 0.25) is 0 Å². The molecule has 1 aliphatic heterocycles. The van der Waals surface area contributed by atoms with Crippen LogP contribution < -0.4 is 19.7 Å². The highest BCUT2D eigenvalue weighted by Gasteiger charge is 2.31. The first kappa shape index (κ1) is 17.7. The van der Waals surface area contributed by atoms with E-state index in [0.29, 0.717) is 17.2 Å². The maximum atomic E-state index is 12.7. The molecule has 0 aliphatic carbocycles. The average molecular weight is 378 g/mol. The van der Waals surface area contributed by atoms with E-state index in [9.17, 15) is 9.59 Å². The lowest BCUT2D eigenvalue weighted by atomic mass is 10.2. The zero-order chi connectivity index (χ0) is 19.5. The first-order valence-corrected chi connectivity index (χ1v) is 8.75. The Morgan fingerprint density at radius 1 is 1.07 bits per heavy atom. The number of likely N-dealkylation sites (N-methyl/N-ethyl adjacent to an activating group) is 1. The topological polar surface area (TPSA) is 81.0 Å². The van der Waals surface area contributed by atoms with Gasteiger partial charge in [0.1, 0.15) is 24.1 Å². The molecule has 1 atom stereocenters. The Balaban J connectivity index is 1.45. The van der Waals surface area contributed by atoms with Gasteiger partial charge in [0.25, 0.3) is 17.8 Å². The van der Waals surface area contributed by atoms with Crippen LogP contribution in [0, 0.1) is 0 Å². The second-order valence-electron chi connectivity index (χ2n) is 6.24. The highest BCUT2D eigenvalue weighted by Crippen LogP contribution is 2.30. The van der Waals surface area contributed by atoms with Crippen molar-refractivity contribution in [3.8, 4) is 17.4 Å². The minimum atomic E-state index is -0.839. The van der Waals surface area contributed by atoms with Crippen molar-refractivity contribution < 1.29 is 23.5 Å². The van der Waals surface area contributed by atoms with Gasteiger partial charge in [0.05, 0.1) is 5.69 Å². The number of nitrogens with zero attached hydrogens (tertiary/aromatic N) is 1. The van der Waals surface area contributed by atoms with Crippen LogP contribution in [0.1, 0.15) is 10.6 Å². The molecule has 0 saturated carbocycles. The van der Waals surface area contributed by atoms with Crippen LogP contribution in [-0.2, 0) is 4.79 Å². The summed E-state index contributed by atoms with van der Waals surface area (Å²) in [6.07, 6.45) is 0. The fourth-order valence-corrected chi connectivity index (χ4v) is 2.89. The van der Waals surface area contributed by atoms with Crippen LogP contribution in [0.3, 0.4) is 0 Å². The molecule has 1 aromatic heterocycles. The van der Waals surface area contributed by atoms with Crippen LogP contribution in [0.2, 0.25) is 0 Å². The second kappa shape index (κ2) is 7.48. The Morgan fingerprint density at radius 3 is 2.64 bits per heavy atom. The molecule has 7 heteroatoms. The van der Waals surface area contributed by atoms with E-state index in [1.54, 1.807) is 37.4 Å². The van der Waals surface area contributed by atoms with Crippen molar-refractivity contribution in [2.75, 3.05) is 18.6 Å². The Bertz CT molecular complexity index is 999. The number of nitrogens with one attached hydrogen (secondary N) is 1. The summed E-state index contributed by atoms with van der Waals surface area (Å²) in [6.45, 7) is 0.0278. The minimum Gasteiger partial charge on any atom is -0.489 e. The highest BCUT2D eigenvalue weighted by atomic mass is 16.6. The quantitative estimate of drug-likeness (QED) is 0.754. The molecule has 7 nitrogen and oxygen atoms in total. The SMILES string of the molecule is CN1C(=O)[C@@H](NC(=O)c2ccc(Oc3ccccc3)o2)COc2ccccc21. The van der Waals surface area contributed by atoms with Crippen LogP contribution in [-0.4, -0.2) is 31.5 Å². The molecule has 0 saturated heterocycles. The minimum absolute atomic E-state index is 0.0278. The molecule has 0 bridgehead atoms. The number of hydrogen-bond acceptors (Lipinski definition) is 5. The molecule has 142 valence electrons. The molecule has 1 aliphatic rings. The smallest absolute Gasteiger partial charge is 0.290 e. The van der Waals surface area contributed by atoms with Crippen molar-refractivity contribution in [3.05, 3.63) is 72.5 Å². The normalized spacial score (nSPS) is 16.0. The molecule has 3 aromatic rings. The fraction of sp³-hybridized carbons (Fsp3) is 0.143. The van der Waals surface area contributed by atoms with E-state index >= 15 is 0 Å². The Kier molecular flexibility index (Phi) is 4.72. The number of rotatable bonds is 4. The first-order chi connectivity index (χ1) is 13.6. The first-order valence-electron chi connectivity index (χ1n) is 8.75. The van der Waals surface area contributed by atoms with Crippen molar-refractivity contribution in [1.82, 2.24) is 5.32 Å². The Labute approximate surface area is 161 Å². The number of carbonyl (C=O) groups excluding carboxylic acids is 2. The zero-order valence-corrected chi connectivity index (χ0v) is 15.1. The van der Waals surface area contributed by atoms with Crippen molar-refractivity contribution in [2.45, 2.75) is 6.04 Å². The summed E-state index contributed by atoms with van der Waals surface area (Å²) in [4.78, 5) is 26.7.